The molecule has 15 heteroatoms. The fourth-order valence-corrected chi connectivity index (χ4v) is 4.49. The van der Waals surface area contributed by atoms with E-state index in [-0.39, 0.29) is 34.2 Å². The number of aliphatic hydroxyl groups excluding tert-OH is 2. The zero-order chi connectivity index (χ0) is 30.9. The molecule has 3 aromatic rings. The van der Waals surface area contributed by atoms with Gasteiger partial charge in [-0.05, 0) is 12.1 Å². The molecule has 0 amide bonds. The van der Waals surface area contributed by atoms with Crippen LogP contribution in [0.1, 0.15) is 13.8 Å². The molecule has 1 fully saturated rings. The van der Waals surface area contributed by atoms with Crippen molar-refractivity contribution < 1.29 is 68.0 Å². The number of rotatable bonds is 8. The standard InChI is InChI=1S/C27H28O15/c1-10(29)38-24-21(34)18(9-28)41-27(26(24)39-11(2)30)42-25-22(35)19-14(32)7-13(31)8-15(19)40-23(25)12-5-16(36-3)20(33)17(6-12)37-4/h5-8,18,21,24,26-28,31-34H,9H2,1-4H3/t18-,21+,24-,26-,27-/m1/s1. The van der Waals surface area contributed by atoms with Crippen molar-refractivity contribution in [2.45, 2.75) is 44.6 Å². The Balaban J connectivity index is 1.98. The molecule has 226 valence electrons. The largest absolute Gasteiger partial charge is 0.508 e. The Labute approximate surface area is 236 Å². The van der Waals surface area contributed by atoms with Crippen LogP contribution >= 0.6 is 0 Å². The Kier molecular flexibility index (Phi) is 8.65. The van der Waals surface area contributed by atoms with Crippen molar-refractivity contribution in [3.63, 3.8) is 0 Å². The SMILES string of the molecule is COc1cc(-c2oc3cc(O)cc(O)c3c(=O)c2O[C@H]2O[C@H](CO)[C@H](O)[C@@H](OC(C)=O)[C@H]2OC(C)=O)cc(OC)c1O. The van der Waals surface area contributed by atoms with Gasteiger partial charge in [0.25, 0.3) is 0 Å². The van der Waals surface area contributed by atoms with Gasteiger partial charge >= 0.3 is 11.9 Å². The van der Waals surface area contributed by atoms with Crippen molar-refractivity contribution in [2.75, 3.05) is 20.8 Å². The molecule has 1 aromatic heterocycles. The number of phenolic OH excluding ortho intramolecular Hbond substituents is 3. The molecule has 1 saturated heterocycles. The summed E-state index contributed by atoms with van der Waals surface area (Å²) in [5.41, 5.74) is -1.22. The minimum atomic E-state index is -1.79. The third kappa shape index (κ3) is 5.70. The molecule has 2 aromatic carbocycles. The molecule has 5 atom stereocenters. The van der Waals surface area contributed by atoms with Gasteiger partial charge in [0.2, 0.25) is 29.3 Å². The Bertz CT molecular complexity index is 1540. The van der Waals surface area contributed by atoms with Crippen LogP contribution in [-0.2, 0) is 23.8 Å². The Morgan fingerprint density at radius 3 is 2.07 bits per heavy atom. The van der Waals surface area contributed by atoms with Crippen LogP contribution in [0.3, 0.4) is 0 Å². The van der Waals surface area contributed by atoms with E-state index in [2.05, 4.69) is 0 Å². The second-order valence-electron chi connectivity index (χ2n) is 9.14. The first-order chi connectivity index (χ1) is 19.9. The van der Waals surface area contributed by atoms with E-state index < -0.39 is 77.3 Å². The third-order valence-corrected chi connectivity index (χ3v) is 6.30. The monoisotopic (exact) mass is 592 g/mol. The summed E-state index contributed by atoms with van der Waals surface area (Å²) in [6, 6.07) is 4.49. The second-order valence-corrected chi connectivity index (χ2v) is 9.14. The van der Waals surface area contributed by atoms with Crippen LogP contribution < -0.4 is 19.6 Å². The van der Waals surface area contributed by atoms with Crippen LogP contribution in [0.5, 0.6) is 34.5 Å². The van der Waals surface area contributed by atoms with Crippen molar-refractivity contribution >= 4 is 22.9 Å². The number of phenols is 3. The first kappa shape index (κ1) is 30.2. The summed E-state index contributed by atoms with van der Waals surface area (Å²) in [7, 11) is 2.52. The minimum absolute atomic E-state index is 0.0356. The lowest BCUT2D eigenvalue weighted by molar-refractivity contribution is -0.285. The molecule has 0 aliphatic carbocycles. The van der Waals surface area contributed by atoms with E-state index in [9.17, 15) is 39.9 Å². The number of ether oxygens (including phenoxy) is 6. The number of aliphatic hydroxyl groups is 2. The quantitative estimate of drug-likeness (QED) is 0.229. The predicted octanol–water partition coefficient (Wildman–Crippen LogP) is 0.914. The summed E-state index contributed by atoms with van der Waals surface area (Å²) in [5.74, 6) is -4.42. The predicted molar refractivity (Wildman–Crippen MR) is 140 cm³/mol. The van der Waals surface area contributed by atoms with Crippen molar-refractivity contribution in [1.82, 2.24) is 0 Å². The van der Waals surface area contributed by atoms with E-state index in [1.807, 2.05) is 0 Å². The highest BCUT2D eigenvalue weighted by Gasteiger charge is 2.51. The summed E-state index contributed by atoms with van der Waals surface area (Å²) in [6.45, 7) is 1.27. The number of carbonyl (C=O) groups excluding carboxylic acids is 2. The summed E-state index contributed by atoms with van der Waals surface area (Å²) in [5, 5.41) is 51.0. The first-order valence-corrected chi connectivity index (χ1v) is 12.3. The molecule has 5 N–H and O–H groups in total. The molecule has 0 bridgehead atoms. The number of hydrogen-bond donors (Lipinski definition) is 5. The van der Waals surface area contributed by atoms with Gasteiger partial charge in [0.15, 0.2) is 23.4 Å². The second kappa shape index (κ2) is 12.0. The van der Waals surface area contributed by atoms with Gasteiger partial charge in [-0.3, -0.25) is 14.4 Å². The molecular formula is C27H28O15. The van der Waals surface area contributed by atoms with E-state index in [4.69, 9.17) is 32.8 Å². The molecule has 4 rings (SSSR count). The summed E-state index contributed by atoms with van der Waals surface area (Å²) in [6.07, 6.45) is -8.16. The molecule has 1 aliphatic heterocycles. The van der Waals surface area contributed by atoms with E-state index >= 15 is 0 Å². The number of methoxy groups -OCH3 is 2. The van der Waals surface area contributed by atoms with Crippen molar-refractivity contribution in [1.29, 1.82) is 0 Å². The smallest absolute Gasteiger partial charge is 0.303 e. The van der Waals surface area contributed by atoms with E-state index in [0.717, 1.165) is 26.0 Å². The Morgan fingerprint density at radius 2 is 1.52 bits per heavy atom. The lowest BCUT2D eigenvalue weighted by atomic mass is 9.98. The molecule has 0 radical (unpaired) electrons. The number of carbonyl (C=O) groups is 2. The van der Waals surface area contributed by atoms with Crippen molar-refractivity contribution in [3.8, 4) is 45.8 Å². The van der Waals surface area contributed by atoms with E-state index in [0.29, 0.717) is 0 Å². The van der Waals surface area contributed by atoms with Crippen LogP contribution in [0, 0.1) is 0 Å². The first-order valence-electron chi connectivity index (χ1n) is 12.3. The van der Waals surface area contributed by atoms with Crippen LogP contribution in [-0.4, -0.2) is 89.0 Å². The van der Waals surface area contributed by atoms with E-state index in [1.54, 1.807) is 0 Å². The van der Waals surface area contributed by atoms with Crippen LogP contribution in [0.25, 0.3) is 22.3 Å². The molecule has 2 heterocycles. The maximum absolute atomic E-state index is 13.8. The third-order valence-electron chi connectivity index (χ3n) is 6.30. The number of fused-ring (bicyclic) bond motifs is 1. The van der Waals surface area contributed by atoms with E-state index in [1.165, 1.54) is 26.4 Å². The summed E-state index contributed by atoms with van der Waals surface area (Å²) in [4.78, 5) is 37.6. The molecule has 0 unspecified atom stereocenters. The summed E-state index contributed by atoms with van der Waals surface area (Å²) >= 11 is 0. The van der Waals surface area contributed by atoms with Crippen LogP contribution in [0.4, 0.5) is 0 Å². The normalized spacial score (nSPS) is 21.9. The molecule has 1 aliphatic rings. The van der Waals surface area contributed by atoms with Crippen molar-refractivity contribution in [3.05, 3.63) is 34.5 Å². The highest BCUT2D eigenvalue weighted by Crippen LogP contribution is 2.44. The number of aromatic hydroxyl groups is 3. The fourth-order valence-electron chi connectivity index (χ4n) is 4.49. The lowest BCUT2D eigenvalue weighted by Gasteiger charge is -2.42. The van der Waals surface area contributed by atoms with Gasteiger partial charge in [-0.15, -0.1) is 0 Å². The number of benzene rings is 2. The topological polar surface area (TPSA) is 221 Å². The van der Waals surface area contributed by atoms with Gasteiger partial charge in [0.1, 0.15) is 34.7 Å². The number of esters is 2. The van der Waals surface area contributed by atoms with Gasteiger partial charge in [-0.1, -0.05) is 0 Å². The van der Waals surface area contributed by atoms with Crippen molar-refractivity contribution in [2.24, 2.45) is 0 Å². The molecular weight excluding hydrogens is 564 g/mol. The maximum Gasteiger partial charge on any atom is 0.303 e. The maximum atomic E-state index is 13.8. The minimum Gasteiger partial charge on any atom is -0.508 e. The van der Waals surface area contributed by atoms with Gasteiger partial charge in [0, 0.05) is 31.5 Å². The van der Waals surface area contributed by atoms with Gasteiger partial charge in [-0.2, -0.15) is 0 Å². The average molecular weight is 593 g/mol. The highest BCUT2D eigenvalue weighted by atomic mass is 16.7. The van der Waals surface area contributed by atoms with Gasteiger partial charge < -0.3 is 58.4 Å². The highest BCUT2D eigenvalue weighted by molar-refractivity contribution is 5.88. The number of hydrogen-bond acceptors (Lipinski definition) is 15. The molecule has 42 heavy (non-hydrogen) atoms. The zero-order valence-electron chi connectivity index (χ0n) is 22.7. The fraction of sp³-hybridized carbons (Fsp3) is 0.370. The zero-order valence-corrected chi connectivity index (χ0v) is 22.7. The Hall–Kier alpha value is -4.73. The lowest BCUT2D eigenvalue weighted by Crippen LogP contribution is -2.62. The van der Waals surface area contributed by atoms with Gasteiger partial charge in [0.05, 0.1) is 20.8 Å². The Morgan fingerprint density at radius 1 is 0.929 bits per heavy atom. The average Bonchev–Trinajstić information content (AvgIpc) is 2.92. The molecule has 0 spiro atoms. The van der Waals surface area contributed by atoms with Gasteiger partial charge in [-0.25, -0.2) is 0 Å². The molecule has 15 nitrogen and oxygen atoms in total. The van der Waals surface area contributed by atoms with Crippen LogP contribution in [0.15, 0.2) is 33.5 Å². The summed E-state index contributed by atoms with van der Waals surface area (Å²) < 4.78 is 38.3. The van der Waals surface area contributed by atoms with Crippen LogP contribution in [0.2, 0.25) is 0 Å². The molecule has 0 saturated carbocycles.